The number of fused-ring (bicyclic) bond motifs is 1. The molecule has 3 rings (SSSR count). The Morgan fingerprint density at radius 2 is 2.27 bits per heavy atom. The number of hydrogen-bond acceptors (Lipinski definition) is 4. The van der Waals surface area contributed by atoms with Gasteiger partial charge in [-0.05, 0) is 30.4 Å². The molecular formula is C15H16ClN5S. The monoisotopic (exact) mass is 333 g/mol. The molecule has 0 saturated carbocycles. The van der Waals surface area contributed by atoms with Crippen LogP contribution >= 0.6 is 23.8 Å². The lowest BCUT2D eigenvalue weighted by molar-refractivity contribution is 0.385. The maximum absolute atomic E-state index is 5.98. The van der Waals surface area contributed by atoms with E-state index < -0.39 is 0 Å². The van der Waals surface area contributed by atoms with Crippen LogP contribution in [-0.4, -0.2) is 33.6 Å². The number of rotatable bonds is 2. The quantitative estimate of drug-likeness (QED) is 0.824. The number of nitrogens with zero attached hydrogens (tertiary/aromatic N) is 3. The summed E-state index contributed by atoms with van der Waals surface area (Å²) in [6.07, 6.45) is 2.71. The van der Waals surface area contributed by atoms with Gasteiger partial charge in [-0.3, -0.25) is 0 Å². The van der Waals surface area contributed by atoms with Crippen LogP contribution in [0.25, 0.3) is 0 Å². The van der Waals surface area contributed by atoms with Crippen molar-refractivity contribution in [2.75, 3.05) is 18.9 Å². The summed E-state index contributed by atoms with van der Waals surface area (Å²) in [6, 6.07) is 7.50. The highest BCUT2D eigenvalue weighted by atomic mass is 35.5. The molecule has 0 fully saturated rings. The smallest absolute Gasteiger partial charge is 0.227 e. The van der Waals surface area contributed by atoms with Gasteiger partial charge in [0.15, 0.2) is 5.11 Å². The largest absolute Gasteiger partial charge is 0.366 e. The number of aromatic nitrogens is 2. The van der Waals surface area contributed by atoms with E-state index in [4.69, 9.17) is 23.8 Å². The van der Waals surface area contributed by atoms with Crippen LogP contribution in [0.4, 0.5) is 11.6 Å². The van der Waals surface area contributed by atoms with E-state index in [9.17, 15) is 0 Å². The number of anilines is 2. The van der Waals surface area contributed by atoms with E-state index in [-0.39, 0.29) is 0 Å². The average molecular weight is 334 g/mol. The molecule has 0 amide bonds. The van der Waals surface area contributed by atoms with Crippen molar-refractivity contribution in [2.24, 2.45) is 0 Å². The first-order chi connectivity index (χ1) is 10.7. The maximum atomic E-state index is 5.98. The van der Waals surface area contributed by atoms with E-state index in [1.54, 1.807) is 0 Å². The van der Waals surface area contributed by atoms with Crippen molar-refractivity contribution in [2.45, 2.75) is 13.0 Å². The molecule has 1 aliphatic rings. The van der Waals surface area contributed by atoms with Gasteiger partial charge in [0, 0.05) is 49.0 Å². The van der Waals surface area contributed by atoms with Crippen molar-refractivity contribution in [3.8, 4) is 0 Å². The van der Waals surface area contributed by atoms with Gasteiger partial charge in [0.2, 0.25) is 5.95 Å². The molecule has 1 aromatic carbocycles. The van der Waals surface area contributed by atoms with Gasteiger partial charge in [-0.15, -0.1) is 0 Å². The van der Waals surface area contributed by atoms with Gasteiger partial charge in [-0.25, -0.2) is 9.97 Å². The molecule has 0 saturated heterocycles. The molecule has 7 heteroatoms. The Kier molecular flexibility index (Phi) is 4.40. The molecular weight excluding hydrogens is 318 g/mol. The second kappa shape index (κ2) is 6.46. The van der Waals surface area contributed by atoms with Crippen molar-refractivity contribution >= 4 is 40.6 Å². The first kappa shape index (κ1) is 15.0. The lowest BCUT2D eigenvalue weighted by Crippen LogP contribution is -2.41. The Hall–Kier alpha value is -1.92. The summed E-state index contributed by atoms with van der Waals surface area (Å²) in [5.74, 6) is 0.589. The molecule has 114 valence electrons. The maximum Gasteiger partial charge on any atom is 0.227 e. The molecule has 1 aromatic heterocycles. The van der Waals surface area contributed by atoms with Crippen molar-refractivity contribution < 1.29 is 0 Å². The molecule has 2 heterocycles. The van der Waals surface area contributed by atoms with Crippen molar-refractivity contribution in [3.05, 3.63) is 46.7 Å². The minimum Gasteiger partial charge on any atom is -0.366 e. The molecule has 0 aliphatic carbocycles. The Balaban J connectivity index is 1.76. The lowest BCUT2D eigenvalue weighted by atomic mass is 10.1. The SMILES string of the molecule is CNC(=S)N1CCc2nc(Nc3cccc(Cl)c3)ncc2C1. The van der Waals surface area contributed by atoms with Crippen molar-refractivity contribution in [1.29, 1.82) is 0 Å². The number of thiocarbonyl (C=S) groups is 1. The van der Waals surface area contributed by atoms with E-state index in [0.717, 1.165) is 41.6 Å². The number of nitrogens with one attached hydrogen (secondary N) is 2. The van der Waals surface area contributed by atoms with Crippen LogP contribution in [0.5, 0.6) is 0 Å². The zero-order valence-electron chi connectivity index (χ0n) is 12.1. The summed E-state index contributed by atoms with van der Waals surface area (Å²) < 4.78 is 0. The Bertz CT molecular complexity index is 706. The van der Waals surface area contributed by atoms with Crippen LogP contribution < -0.4 is 10.6 Å². The lowest BCUT2D eigenvalue weighted by Gasteiger charge is -2.29. The molecule has 0 spiro atoms. The zero-order valence-corrected chi connectivity index (χ0v) is 13.7. The fourth-order valence-corrected chi connectivity index (χ4v) is 2.75. The summed E-state index contributed by atoms with van der Waals surface area (Å²) in [5, 5.41) is 7.62. The first-order valence-corrected chi connectivity index (χ1v) is 7.78. The molecule has 2 aromatic rings. The zero-order chi connectivity index (χ0) is 15.5. The fraction of sp³-hybridized carbons (Fsp3) is 0.267. The first-order valence-electron chi connectivity index (χ1n) is 7.00. The molecule has 1 aliphatic heterocycles. The van der Waals surface area contributed by atoms with Gasteiger partial charge < -0.3 is 15.5 Å². The normalized spacial score (nSPS) is 13.5. The standard InChI is InChI=1S/C15H16ClN5S/c1-17-15(22)21-6-5-13-10(9-21)8-18-14(20-13)19-12-4-2-3-11(16)7-12/h2-4,7-8H,5-6,9H2,1H3,(H,17,22)(H,18,19,20). The number of benzene rings is 1. The summed E-state index contributed by atoms with van der Waals surface area (Å²) in [5.41, 5.74) is 3.05. The highest BCUT2D eigenvalue weighted by Gasteiger charge is 2.19. The molecule has 22 heavy (non-hydrogen) atoms. The molecule has 2 N–H and O–H groups in total. The van der Waals surface area contributed by atoms with Gasteiger partial charge in [0.25, 0.3) is 0 Å². The topological polar surface area (TPSA) is 53.1 Å². The molecule has 0 atom stereocenters. The Morgan fingerprint density at radius 1 is 1.41 bits per heavy atom. The van der Waals surface area contributed by atoms with Crippen LogP contribution in [0, 0.1) is 0 Å². The van der Waals surface area contributed by atoms with Crippen molar-refractivity contribution in [1.82, 2.24) is 20.2 Å². The van der Waals surface area contributed by atoms with Crippen molar-refractivity contribution in [3.63, 3.8) is 0 Å². The summed E-state index contributed by atoms with van der Waals surface area (Å²) in [4.78, 5) is 11.1. The second-order valence-corrected chi connectivity index (χ2v) is 5.85. The molecule has 0 bridgehead atoms. The molecule has 0 unspecified atom stereocenters. The molecule has 0 radical (unpaired) electrons. The molecule has 5 nitrogen and oxygen atoms in total. The number of hydrogen-bond donors (Lipinski definition) is 2. The van der Waals surface area contributed by atoms with Gasteiger partial charge >= 0.3 is 0 Å². The average Bonchev–Trinajstić information content (AvgIpc) is 2.53. The van der Waals surface area contributed by atoms with Crippen LogP contribution in [0.2, 0.25) is 5.02 Å². The third-order valence-electron chi connectivity index (χ3n) is 3.52. The Morgan fingerprint density at radius 3 is 3.05 bits per heavy atom. The van der Waals surface area contributed by atoms with E-state index in [0.29, 0.717) is 11.0 Å². The summed E-state index contributed by atoms with van der Waals surface area (Å²) >= 11 is 11.3. The summed E-state index contributed by atoms with van der Waals surface area (Å²) in [6.45, 7) is 1.60. The highest BCUT2D eigenvalue weighted by Crippen LogP contribution is 2.21. The van der Waals surface area contributed by atoms with Crippen LogP contribution in [0.15, 0.2) is 30.5 Å². The van der Waals surface area contributed by atoms with Crippen LogP contribution in [-0.2, 0) is 13.0 Å². The Labute approximate surface area is 139 Å². The summed E-state index contributed by atoms with van der Waals surface area (Å²) in [7, 11) is 1.84. The fourth-order valence-electron chi connectivity index (χ4n) is 2.40. The minimum absolute atomic E-state index is 0.589. The van der Waals surface area contributed by atoms with Gasteiger partial charge in [-0.2, -0.15) is 0 Å². The van der Waals surface area contributed by atoms with E-state index >= 15 is 0 Å². The van der Waals surface area contributed by atoms with E-state index in [1.165, 1.54) is 0 Å². The third-order valence-corrected chi connectivity index (χ3v) is 4.21. The predicted octanol–water partition coefficient (Wildman–Crippen LogP) is 2.74. The van der Waals surface area contributed by atoms with E-state index in [2.05, 4.69) is 25.5 Å². The number of halogens is 1. The van der Waals surface area contributed by atoms with Crippen LogP contribution in [0.1, 0.15) is 11.3 Å². The second-order valence-electron chi connectivity index (χ2n) is 5.03. The predicted molar refractivity (Wildman–Crippen MR) is 92.5 cm³/mol. The van der Waals surface area contributed by atoms with Gasteiger partial charge in [0.1, 0.15) is 0 Å². The third kappa shape index (κ3) is 3.28. The highest BCUT2D eigenvalue weighted by molar-refractivity contribution is 7.80. The van der Waals surface area contributed by atoms with Crippen LogP contribution in [0.3, 0.4) is 0 Å². The van der Waals surface area contributed by atoms with Gasteiger partial charge in [0.05, 0.1) is 5.69 Å². The minimum atomic E-state index is 0.589. The van der Waals surface area contributed by atoms with E-state index in [1.807, 2.05) is 37.5 Å². The van der Waals surface area contributed by atoms with Gasteiger partial charge in [-0.1, -0.05) is 17.7 Å².